The van der Waals surface area contributed by atoms with E-state index >= 15 is 0 Å². The lowest BCUT2D eigenvalue weighted by molar-refractivity contribution is -0.0126. The highest BCUT2D eigenvalue weighted by atomic mass is 35.5. The molecule has 1 aliphatic rings. The van der Waals surface area contributed by atoms with Crippen LogP contribution < -0.4 is 5.73 Å². The first-order valence-electron chi connectivity index (χ1n) is 7.33. The summed E-state index contributed by atoms with van der Waals surface area (Å²) in [4.78, 5) is 0. The average Bonchev–Trinajstić information content (AvgIpc) is 2.92. The lowest BCUT2D eigenvalue weighted by Gasteiger charge is -2.30. The number of hydrogen-bond donors (Lipinski definition) is 1. The van der Waals surface area contributed by atoms with Gasteiger partial charge in [-0.25, -0.2) is 4.39 Å². The van der Waals surface area contributed by atoms with E-state index in [2.05, 4.69) is 6.07 Å². The number of fused-ring (bicyclic) bond motifs is 1. The molecule has 0 aliphatic carbocycles. The van der Waals surface area contributed by atoms with Crippen LogP contribution >= 0.6 is 12.4 Å². The Bertz CT molecular complexity index is 727. The summed E-state index contributed by atoms with van der Waals surface area (Å²) in [6.07, 6.45) is 1.53. The van der Waals surface area contributed by atoms with Crippen molar-refractivity contribution in [3.05, 3.63) is 70.5 Å². The van der Waals surface area contributed by atoms with Crippen molar-refractivity contribution in [2.75, 3.05) is 6.54 Å². The van der Waals surface area contributed by atoms with Crippen LogP contribution in [0, 0.1) is 17.1 Å². The number of rotatable bonds is 4. The molecule has 3 rings (SSSR count). The number of halogens is 2. The zero-order valence-electron chi connectivity index (χ0n) is 12.6. The third kappa shape index (κ3) is 3.09. The first kappa shape index (κ1) is 17.4. The van der Waals surface area contributed by atoms with E-state index in [-0.39, 0.29) is 18.2 Å². The summed E-state index contributed by atoms with van der Waals surface area (Å²) in [5, 5.41) is 9.04. The maximum atomic E-state index is 13.2. The monoisotopic (exact) mass is 332 g/mol. The van der Waals surface area contributed by atoms with E-state index in [9.17, 15) is 4.39 Å². The Balaban J connectivity index is 0.00000192. The summed E-state index contributed by atoms with van der Waals surface area (Å²) in [7, 11) is 0. The fourth-order valence-electron chi connectivity index (χ4n) is 3.12. The minimum absolute atomic E-state index is 0. The van der Waals surface area contributed by atoms with Gasteiger partial charge >= 0.3 is 0 Å². The molecule has 0 saturated heterocycles. The second kappa shape index (κ2) is 7.10. The van der Waals surface area contributed by atoms with E-state index in [0.717, 1.165) is 29.5 Å². The summed E-state index contributed by atoms with van der Waals surface area (Å²) in [6.45, 7) is 1.02. The topological polar surface area (TPSA) is 59.0 Å². The molecule has 120 valence electrons. The van der Waals surface area contributed by atoms with Gasteiger partial charge in [0.05, 0.1) is 18.2 Å². The van der Waals surface area contributed by atoms with Crippen LogP contribution in [0.15, 0.2) is 42.5 Å². The predicted molar refractivity (Wildman–Crippen MR) is 88.7 cm³/mol. The van der Waals surface area contributed by atoms with Crippen LogP contribution in [0.2, 0.25) is 0 Å². The lowest BCUT2D eigenvalue weighted by atomic mass is 9.81. The van der Waals surface area contributed by atoms with Crippen LogP contribution in [-0.4, -0.2) is 6.54 Å². The molecule has 2 aromatic carbocycles. The largest absolute Gasteiger partial charge is 0.361 e. The van der Waals surface area contributed by atoms with E-state index in [0.29, 0.717) is 18.7 Å². The van der Waals surface area contributed by atoms with Gasteiger partial charge < -0.3 is 10.5 Å². The summed E-state index contributed by atoms with van der Waals surface area (Å²) in [5.41, 5.74) is 8.68. The number of nitrogens with zero attached hydrogens (tertiary/aromatic N) is 1. The first-order chi connectivity index (χ1) is 10.7. The van der Waals surface area contributed by atoms with Gasteiger partial charge in [0.25, 0.3) is 0 Å². The van der Waals surface area contributed by atoms with E-state index in [1.807, 2.05) is 12.1 Å². The zero-order valence-corrected chi connectivity index (χ0v) is 13.4. The van der Waals surface area contributed by atoms with Crippen molar-refractivity contribution in [3.63, 3.8) is 0 Å². The lowest BCUT2D eigenvalue weighted by Crippen LogP contribution is -2.28. The van der Waals surface area contributed by atoms with E-state index in [1.54, 1.807) is 18.2 Å². The van der Waals surface area contributed by atoms with Crippen molar-refractivity contribution in [1.82, 2.24) is 0 Å². The van der Waals surface area contributed by atoms with E-state index in [1.165, 1.54) is 12.1 Å². The van der Waals surface area contributed by atoms with Crippen molar-refractivity contribution >= 4 is 12.4 Å². The van der Waals surface area contributed by atoms with Gasteiger partial charge in [0.15, 0.2) is 0 Å². The Morgan fingerprint density at radius 3 is 2.61 bits per heavy atom. The Hall–Kier alpha value is -1.93. The average molecular weight is 333 g/mol. The Labute approximate surface area is 141 Å². The van der Waals surface area contributed by atoms with Gasteiger partial charge in [0.1, 0.15) is 11.4 Å². The second-order valence-electron chi connectivity index (χ2n) is 5.50. The fourth-order valence-corrected chi connectivity index (χ4v) is 3.12. The van der Waals surface area contributed by atoms with Crippen molar-refractivity contribution in [2.24, 2.45) is 5.73 Å². The van der Waals surface area contributed by atoms with Crippen LogP contribution in [0.3, 0.4) is 0 Å². The van der Waals surface area contributed by atoms with Gasteiger partial charge in [0.2, 0.25) is 0 Å². The SMILES string of the molecule is Cl.N#Cc1ccc2c(c1)CO[C@]2(CCCN)c1ccc(F)cc1. The van der Waals surface area contributed by atoms with Crippen LogP contribution in [0.4, 0.5) is 4.39 Å². The molecule has 5 heteroatoms. The number of ether oxygens (including phenoxy) is 1. The van der Waals surface area contributed by atoms with Crippen LogP contribution in [-0.2, 0) is 16.9 Å². The molecule has 2 aromatic rings. The molecule has 0 saturated carbocycles. The zero-order chi connectivity index (χ0) is 15.6. The maximum absolute atomic E-state index is 13.2. The van der Waals surface area contributed by atoms with Crippen molar-refractivity contribution in [3.8, 4) is 6.07 Å². The molecule has 0 radical (unpaired) electrons. The van der Waals surface area contributed by atoms with E-state index in [4.69, 9.17) is 15.7 Å². The fraction of sp³-hybridized carbons (Fsp3) is 0.278. The third-order valence-electron chi connectivity index (χ3n) is 4.19. The molecule has 0 spiro atoms. The van der Waals surface area contributed by atoms with Crippen LogP contribution in [0.1, 0.15) is 35.1 Å². The number of nitriles is 1. The quantitative estimate of drug-likeness (QED) is 0.930. The molecule has 1 atom stereocenters. The molecule has 3 nitrogen and oxygen atoms in total. The van der Waals surface area contributed by atoms with Crippen LogP contribution in [0.5, 0.6) is 0 Å². The highest BCUT2D eigenvalue weighted by Crippen LogP contribution is 2.45. The number of nitrogens with two attached hydrogens (primary N) is 1. The molecule has 0 amide bonds. The molecule has 2 N–H and O–H groups in total. The minimum Gasteiger partial charge on any atom is -0.361 e. The van der Waals surface area contributed by atoms with Crippen molar-refractivity contribution < 1.29 is 9.13 Å². The Morgan fingerprint density at radius 2 is 1.96 bits per heavy atom. The van der Waals surface area contributed by atoms with E-state index < -0.39 is 5.60 Å². The van der Waals surface area contributed by atoms with Crippen molar-refractivity contribution in [1.29, 1.82) is 5.26 Å². The van der Waals surface area contributed by atoms with Crippen molar-refractivity contribution in [2.45, 2.75) is 25.0 Å². The molecule has 1 aliphatic heterocycles. The summed E-state index contributed by atoms with van der Waals surface area (Å²) in [6, 6.07) is 14.2. The molecule has 0 bridgehead atoms. The van der Waals surface area contributed by atoms with Crippen LogP contribution in [0.25, 0.3) is 0 Å². The number of hydrogen-bond acceptors (Lipinski definition) is 3. The first-order valence-corrected chi connectivity index (χ1v) is 7.33. The van der Waals surface area contributed by atoms with Gasteiger partial charge in [0, 0.05) is 0 Å². The second-order valence-corrected chi connectivity index (χ2v) is 5.50. The maximum Gasteiger partial charge on any atom is 0.123 e. The minimum atomic E-state index is -0.601. The van der Waals surface area contributed by atoms with Gasteiger partial charge in [-0.1, -0.05) is 18.2 Å². The third-order valence-corrected chi connectivity index (χ3v) is 4.19. The Morgan fingerprint density at radius 1 is 1.22 bits per heavy atom. The smallest absolute Gasteiger partial charge is 0.123 e. The highest BCUT2D eigenvalue weighted by molar-refractivity contribution is 5.85. The number of benzene rings is 2. The highest BCUT2D eigenvalue weighted by Gasteiger charge is 2.41. The summed E-state index contributed by atoms with van der Waals surface area (Å²) < 4.78 is 19.4. The molecular weight excluding hydrogens is 315 g/mol. The molecule has 1 heterocycles. The molecule has 0 aromatic heterocycles. The molecule has 0 fully saturated rings. The van der Waals surface area contributed by atoms with Gasteiger partial charge in [-0.3, -0.25) is 0 Å². The van der Waals surface area contributed by atoms with Gasteiger partial charge in [-0.15, -0.1) is 12.4 Å². The summed E-state index contributed by atoms with van der Waals surface area (Å²) in [5.74, 6) is -0.268. The molecule has 0 unspecified atom stereocenters. The normalized spacial score (nSPS) is 18.8. The van der Waals surface area contributed by atoms with Gasteiger partial charge in [-0.05, 0) is 60.3 Å². The predicted octanol–water partition coefficient (Wildman–Crippen LogP) is 3.63. The molecular formula is C18H18ClFN2O. The molecule has 23 heavy (non-hydrogen) atoms. The van der Waals surface area contributed by atoms with Gasteiger partial charge in [-0.2, -0.15) is 5.26 Å². The standard InChI is InChI=1S/C18H17FN2O.ClH/c19-16-5-3-15(4-6-16)18(8-1-9-20)17-7-2-13(11-21)10-14(17)12-22-18;/h2-7,10H,1,8-9,12,20H2;1H/t18-;/m1./s1. The summed E-state index contributed by atoms with van der Waals surface area (Å²) >= 11 is 0. The Kier molecular flexibility index (Phi) is 5.38.